The van der Waals surface area contributed by atoms with Crippen LogP contribution in [0.25, 0.3) is 0 Å². The lowest BCUT2D eigenvalue weighted by atomic mass is 10.2. The summed E-state index contributed by atoms with van der Waals surface area (Å²) in [6.07, 6.45) is 0. The molecule has 1 aromatic carbocycles. The molecular formula is C8H12OSi. The van der Waals surface area contributed by atoms with E-state index in [-0.39, 0.29) is 9.52 Å². The number of benzene rings is 1. The summed E-state index contributed by atoms with van der Waals surface area (Å²) in [5.41, 5.74) is 1.16. The number of aryl methyl sites for hydroxylation is 1. The molecule has 0 spiro atoms. The third kappa shape index (κ3) is 1.61. The van der Waals surface area contributed by atoms with E-state index in [4.69, 9.17) is 5.11 Å². The molecule has 0 amide bonds. The van der Waals surface area contributed by atoms with Crippen molar-refractivity contribution in [3.05, 3.63) is 23.8 Å². The van der Waals surface area contributed by atoms with Gasteiger partial charge in [-0.15, -0.1) is 0 Å². The molecule has 0 atom stereocenters. The molecule has 1 N–H and O–H groups in total. The highest BCUT2D eigenvalue weighted by Crippen LogP contribution is 2.07. The van der Waals surface area contributed by atoms with Gasteiger partial charge in [-0.1, -0.05) is 17.8 Å². The zero-order valence-corrected chi connectivity index (χ0v) is 7.80. The van der Waals surface area contributed by atoms with Crippen molar-refractivity contribution in [1.29, 1.82) is 0 Å². The first-order valence-corrected chi connectivity index (χ1v) is 5.64. The van der Waals surface area contributed by atoms with Crippen LogP contribution in [0.5, 0.6) is 5.75 Å². The molecule has 0 bridgehead atoms. The predicted molar refractivity (Wildman–Crippen MR) is 46.9 cm³/mol. The zero-order valence-electron chi connectivity index (χ0n) is 6.39. The summed E-state index contributed by atoms with van der Waals surface area (Å²) in [7, 11) is -0.112. The van der Waals surface area contributed by atoms with E-state index >= 15 is 0 Å². The molecule has 0 heterocycles. The van der Waals surface area contributed by atoms with E-state index < -0.39 is 0 Å². The van der Waals surface area contributed by atoms with Crippen LogP contribution in [0.2, 0.25) is 6.55 Å². The Hall–Kier alpha value is -0.763. The van der Waals surface area contributed by atoms with E-state index in [0.29, 0.717) is 5.75 Å². The normalized spacial score (nSPS) is 11.0. The minimum absolute atomic E-state index is 0.112. The predicted octanol–water partition coefficient (Wildman–Crippen LogP) is 0.543. The van der Waals surface area contributed by atoms with Crippen LogP contribution in [-0.2, 0) is 0 Å². The van der Waals surface area contributed by atoms with E-state index in [1.807, 2.05) is 13.0 Å². The van der Waals surface area contributed by atoms with Crippen molar-refractivity contribution in [3.63, 3.8) is 0 Å². The van der Waals surface area contributed by atoms with Crippen LogP contribution in [0.3, 0.4) is 0 Å². The van der Waals surface area contributed by atoms with Gasteiger partial charge >= 0.3 is 0 Å². The Labute approximate surface area is 63.5 Å². The maximum Gasteiger partial charge on any atom is 0.115 e. The first kappa shape index (κ1) is 7.35. The fourth-order valence-electron chi connectivity index (χ4n) is 1.04. The second kappa shape index (κ2) is 2.88. The van der Waals surface area contributed by atoms with E-state index in [2.05, 4.69) is 12.6 Å². The Bertz CT molecular complexity index is 212. The average Bonchev–Trinajstić information content (AvgIpc) is 1.85. The molecule has 1 aromatic rings. The molecule has 0 aliphatic heterocycles. The van der Waals surface area contributed by atoms with Crippen molar-refractivity contribution in [2.24, 2.45) is 0 Å². The number of hydrogen-bond donors (Lipinski definition) is 1. The largest absolute Gasteiger partial charge is 0.508 e. The quantitative estimate of drug-likeness (QED) is 0.582. The van der Waals surface area contributed by atoms with Crippen LogP contribution in [0, 0.1) is 6.92 Å². The van der Waals surface area contributed by atoms with E-state index in [1.54, 1.807) is 6.07 Å². The minimum atomic E-state index is -0.112. The molecule has 54 valence electrons. The number of phenolic OH excluding ortho intramolecular Hbond substituents is 1. The molecule has 0 aliphatic rings. The first-order valence-electron chi connectivity index (χ1n) is 3.52. The number of hydrogen-bond acceptors (Lipinski definition) is 1. The summed E-state index contributed by atoms with van der Waals surface area (Å²) in [6, 6.07) is 5.79. The Morgan fingerprint density at radius 2 is 2.00 bits per heavy atom. The fourth-order valence-corrected chi connectivity index (χ4v) is 1.98. The Balaban J connectivity index is 3.06. The lowest BCUT2D eigenvalue weighted by Crippen LogP contribution is -2.09. The second-order valence-corrected chi connectivity index (χ2v) is 4.05. The fraction of sp³-hybridized carbons (Fsp3) is 0.250. The summed E-state index contributed by atoms with van der Waals surface area (Å²) in [5, 5.41) is 10.5. The van der Waals surface area contributed by atoms with Crippen LogP contribution in [0.1, 0.15) is 5.56 Å². The summed E-state index contributed by atoms with van der Waals surface area (Å²) >= 11 is 0. The van der Waals surface area contributed by atoms with Crippen molar-refractivity contribution in [2.75, 3.05) is 0 Å². The molecular weight excluding hydrogens is 140 g/mol. The van der Waals surface area contributed by atoms with Gasteiger partial charge < -0.3 is 5.11 Å². The van der Waals surface area contributed by atoms with E-state index in [0.717, 1.165) is 5.56 Å². The lowest BCUT2D eigenvalue weighted by Gasteiger charge is -1.99. The Kier molecular flexibility index (Phi) is 2.12. The first-order chi connectivity index (χ1) is 4.72. The molecule has 0 aliphatic carbocycles. The van der Waals surface area contributed by atoms with Gasteiger partial charge in [-0.05, 0) is 24.6 Å². The van der Waals surface area contributed by atoms with Crippen molar-refractivity contribution >= 4 is 14.7 Å². The smallest absolute Gasteiger partial charge is 0.115 e. The summed E-state index contributed by atoms with van der Waals surface area (Å²) in [4.78, 5) is 0. The van der Waals surface area contributed by atoms with Gasteiger partial charge in [-0.3, -0.25) is 0 Å². The topological polar surface area (TPSA) is 20.2 Å². The standard InChI is InChI=1S/C8H12OSi/c1-6-3-7(9)5-8(4-6)10-2/h3-5,9H,10H2,1-2H3. The summed E-state index contributed by atoms with van der Waals surface area (Å²) in [6.45, 7) is 4.22. The van der Waals surface area contributed by atoms with Crippen LogP contribution < -0.4 is 5.19 Å². The highest BCUT2D eigenvalue weighted by molar-refractivity contribution is 6.52. The number of rotatable bonds is 1. The van der Waals surface area contributed by atoms with Gasteiger partial charge in [0.2, 0.25) is 0 Å². The van der Waals surface area contributed by atoms with Crippen LogP contribution in [-0.4, -0.2) is 14.6 Å². The minimum Gasteiger partial charge on any atom is -0.508 e. The van der Waals surface area contributed by atoms with Gasteiger partial charge in [0.15, 0.2) is 0 Å². The zero-order chi connectivity index (χ0) is 7.56. The molecule has 0 radical (unpaired) electrons. The lowest BCUT2D eigenvalue weighted by molar-refractivity contribution is 0.475. The highest BCUT2D eigenvalue weighted by atomic mass is 28.2. The van der Waals surface area contributed by atoms with Gasteiger partial charge in [0, 0.05) is 0 Å². The average molecular weight is 152 g/mol. The van der Waals surface area contributed by atoms with Gasteiger partial charge in [-0.25, -0.2) is 0 Å². The third-order valence-electron chi connectivity index (χ3n) is 1.53. The highest BCUT2D eigenvalue weighted by Gasteiger charge is 1.93. The Morgan fingerprint density at radius 1 is 1.30 bits per heavy atom. The third-order valence-corrected chi connectivity index (χ3v) is 2.75. The van der Waals surface area contributed by atoms with Crippen LogP contribution in [0.15, 0.2) is 18.2 Å². The van der Waals surface area contributed by atoms with Crippen molar-refractivity contribution < 1.29 is 5.11 Å². The van der Waals surface area contributed by atoms with Crippen LogP contribution in [0.4, 0.5) is 0 Å². The molecule has 0 saturated carbocycles. The molecule has 1 nitrogen and oxygen atoms in total. The van der Waals surface area contributed by atoms with Crippen molar-refractivity contribution in [1.82, 2.24) is 0 Å². The summed E-state index contributed by atoms with van der Waals surface area (Å²) in [5.74, 6) is 0.407. The van der Waals surface area contributed by atoms with E-state index in [9.17, 15) is 0 Å². The van der Waals surface area contributed by atoms with Crippen molar-refractivity contribution in [3.8, 4) is 5.75 Å². The summed E-state index contributed by atoms with van der Waals surface area (Å²) < 4.78 is 0. The number of phenols is 1. The molecule has 0 aromatic heterocycles. The maximum absolute atomic E-state index is 9.15. The molecule has 10 heavy (non-hydrogen) atoms. The monoisotopic (exact) mass is 152 g/mol. The van der Waals surface area contributed by atoms with Gasteiger partial charge in [-0.2, -0.15) is 0 Å². The molecule has 0 fully saturated rings. The number of aromatic hydroxyl groups is 1. The molecule has 1 rings (SSSR count). The van der Waals surface area contributed by atoms with Gasteiger partial charge in [0.05, 0.1) is 9.52 Å². The molecule has 0 saturated heterocycles. The molecule has 2 heteroatoms. The van der Waals surface area contributed by atoms with Crippen LogP contribution >= 0.6 is 0 Å². The SMILES string of the molecule is C[SiH2]c1cc(C)cc(O)c1. The van der Waals surface area contributed by atoms with Crippen molar-refractivity contribution in [2.45, 2.75) is 13.5 Å². The van der Waals surface area contributed by atoms with E-state index in [1.165, 1.54) is 5.19 Å². The van der Waals surface area contributed by atoms with Gasteiger partial charge in [0.25, 0.3) is 0 Å². The molecule has 0 unspecified atom stereocenters. The maximum atomic E-state index is 9.15. The Morgan fingerprint density at radius 3 is 2.50 bits per heavy atom. The second-order valence-electron chi connectivity index (χ2n) is 2.53. The van der Waals surface area contributed by atoms with Gasteiger partial charge in [0.1, 0.15) is 5.75 Å².